The molecule has 3 nitrogen and oxygen atoms in total. The molecule has 2 N–H and O–H groups in total. The fraction of sp³-hybridized carbons (Fsp3) is 0.0714. The van der Waals surface area contributed by atoms with Gasteiger partial charge in [-0.05, 0) is 11.5 Å². The molecule has 0 radical (unpaired) electrons. The van der Waals surface area contributed by atoms with Gasteiger partial charge in [-0.3, -0.25) is 4.79 Å². The van der Waals surface area contributed by atoms with Crippen molar-refractivity contribution < 1.29 is 9.53 Å². The fourth-order valence-electron chi connectivity index (χ4n) is 1.57. The molecule has 0 fully saturated rings. The number of Topliss-reactive ketones (excluding diaryl/α,β-unsaturated/α-hetero) is 1. The largest absolute Gasteiger partial charge is 0.451 e. The lowest BCUT2D eigenvalue weighted by Crippen LogP contribution is -2.05. The van der Waals surface area contributed by atoms with Gasteiger partial charge in [0.25, 0.3) is 0 Å². The van der Waals surface area contributed by atoms with Crippen LogP contribution in [0.3, 0.4) is 0 Å². The fourth-order valence-corrected chi connectivity index (χ4v) is 1.57. The van der Waals surface area contributed by atoms with Crippen LogP contribution in [0.2, 0.25) is 0 Å². The van der Waals surface area contributed by atoms with Gasteiger partial charge in [-0.15, -0.1) is 0 Å². The molecule has 0 aliphatic rings. The molecule has 2 rings (SSSR count). The summed E-state index contributed by atoms with van der Waals surface area (Å²) in [5.41, 5.74) is 6.35. The molecule has 0 saturated carbocycles. The summed E-state index contributed by atoms with van der Waals surface area (Å²) in [5.74, 6) is 0.369. The van der Waals surface area contributed by atoms with Crippen molar-refractivity contribution in [3.8, 4) is 5.75 Å². The Labute approximate surface area is 99.5 Å². The van der Waals surface area contributed by atoms with Gasteiger partial charge >= 0.3 is 0 Å². The molecular weight excluding hydrogens is 214 g/mol. The van der Waals surface area contributed by atoms with Gasteiger partial charge in [-0.1, -0.05) is 36.9 Å². The molecule has 2 aromatic carbocycles. The van der Waals surface area contributed by atoms with Crippen LogP contribution >= 0.6 is 0 Å². The number of carbonyl (C=O) groups is 1. The van der Waals surface area contributed by atoms with Crippen molar-refractivity contribution in [2.45, 2.75) is 6.92 Å². The van der Waals surface area contributed by atoms with E-state index in [2.05, 4.69) is 6.58 Å². The number of nitrogen functional groups attached to an aromatic ring is 1. The second-order valence-corrected chi connectivity index (χ2v) is 3.79. The standard InChI is InChI=1S/C14H13NO2/c1-9(16)10(2)17-14-12-6-4-3-5-11(12)7-8-13(14)15/h3-8H,2,15H2,1H3. The van der Waals surface area contributed by atoms with E-state index in [4.69, 9.17) is 10.5 Å². The number of nitrogens with two attached hydrogens (primary N) is 1. The summed E-state index contributed by atoms with van der Waals surface area (Å²) in [5, 5.41) is 1.88. The molecular formula is C14H13NO2. The summed E-state index contributed by atoms with van der Waals surface area (Å²) in [7, 11) is 0. The van der Waals surface area contributed by atoms with Gasteiger partial charge in [0.2, 0.25) is 0 Å². The van der Waals surface area contributed by atoms with Gasteiger partial charge in [0.15, 0.2) is 17.3 Å². The van der Waals surface area contributed by atoms with Crippen molar-refractivity contribution in [2.24, 2.45) is 0 Å². The van der Waals surface area contributed by atoms with Crippen LogP contribution in [-0.2, 0) is 4.79 Å². The Bertz CT molecular complexity index is 602. The maximum Gasteiger partial charge on any atom is 0.194 e. The van der Waals surface area contributed by atoms with Crippen molar-refractivity contribution in [3.05, 3.63) is 48.7 Å². The second kappa shape index (κ2) is 4.29. The van der Waals surface area contributed by atoms with Crippen LogP contribution in [0.25, 0.3) is 10.8 Å². The van der Waals surface area contributed by atoms with Crippen molar-refractivity contribution in [1.82, 2.24) is 0 Å². The highest BCUT2D eigenvalue weighted by molar-refractivity contribution is 5.95. The number of ether oxygens (including phenoxy) is 1. The third-order valence-electron chi connectivity index (χ3n) is 2.53. The lowest BCUT2D eigenvalue weighted by molar-refractivity contribution is -0.115. The Morgan fingerprint density at radius 1 is 1.24 bits per heavy atom. The minimum atomic E-state index is -0.211. The summed E-state index contributed by atoms with van der Waals surface area (Å²) in [4.78, 5) is 11.1. The van der Waals surface area contributed by atoms with Gasteiger partial charge in [0.05, 0.1) is 5.69 Å². The van der Waals surface area contributed by atoms with Crippen LogP contribution in [0.1, 0.15) is 6.92 Å². The zero-order chi connectivity index (χ0) is 12.4. The predicted octanol–water partition coefficient (Wildman–Crippen LogP) is 2.90. The minimum Gasteiger partial charge on any atom is -0.451 e. The smallest absolute Gasteiger partial charge is 0.194 e. The summed E-state index contributed by atoms with van der Waals surface area (Å²) in [6, 6.07) is 11.3. The van der Waals surface area contributed by atoms with Gasteiger partial charge < -0.3 is 10.5 Å². The van der Waals surface area contributed by atoms with Crippen LogP contribution in [0.4, 0.5) is 5.69 Å². The van der Waals surface area contributed by atoms with Gasteiger partial charge in [0, 0.05) is 12.3 Å². The summed E-state index contributed by atoms with van der Waals surface area (Å²) >= 11 is 0. The zero-order valence-corrected chi connectivity index (χ0v) is 9.57. The number of carbonyl (C=O) groups excluding carboxylic acids is 1. The molecule has 3 heteroatoms. The Hall–Kier alpha value is -2.29. The number of fused-ring (bicyclic) bond motifs is 1. The summed E-state index contributed by atoms with van der Waals surface area (Å²) in [6.45, 7) is 4.98. The zero-order valence-electron chi connectivity index (χ0n) is 9.57. The van der Waals surface area contributed by atoms with Crippen LogP contribution < -0.4 is 10.5 Å². The van der Waals surface area contributed by atoms with Gasteiger partial charge in [0.1, 0.15) is 0 Å². The SMILES string of the molecule is C=C(Oc1c(N)ccc2ccccc12)C(C)=O. The first kappa shape index (κ1) is 11.2. The Kier molecular flexibility index (Phi) is 2.83. The van der Waals surface area contributed by atoms with Gasteiger partial charge in [-0.2, -0.15) is 0 Å². The first-order valence-corrected chi connectivity index (χ1v) is 5.24. The number of hydrogen-bond acceptors (Lipinski definition) is 3. The average molecular weight is 227 g/mol. The summed E-state index contributed by atoms with van der Waals surface area (Å²) < 4.78 is 5.45. The van der Waals surface area contributed by atoms with E-state index in [1.165, 1.54) is 6.92 Å². The molecule has 0 saturated heterocycles. The second-order valence-electron chi connectivity index (χ2n) is 3.79. The van der Waals surface area contributed by atoms with Crippen molar-refractivity contribution in [3.63, 3.8) is 0 Å². The van der Waals surface area contributed by atoms with E-state index in [-0.39, 0.29) is 11.5 Å². The number of ketones is 1. The highest BCUT2D eigenvalue weighted by Gasteiger charge is 2.10. The maximum atomic E-state index is 11.1. The third-order valence-corrected chi connectivity index (χ3v) is 2.53. The van der Waals surface area contributed by atoms with Crippen LogP contribution in [-0.4, -0.2) is 5.78 Å². The summed E-state index contributed by atoms with van der Waals surface area (Å²) in [6.07, 6.45) is 0. The van der Waals surface area contributed by atoms with Crippen LogP contribution in [0, 0.1) is 0 Å². The molecule has 0 aliphatic carbocycles. The maximum absolute atomic E-state index is 11.1. The lowest BCUT2D eigenvalue weighted by Gasteiger charge is -2.11. The molecule has 0 aliphatic heterocycles. The highest BCUT2D eigenvalue weighted by atomic mass is 16.5. The molecule has 17 heavy (non-hydrogen) atoms. The molecule has 0 unspecified atom stereocenters. The van der Waals surface area contributed by atoms with E-state index in [0.717, 1.165) is 10.8 Å². The van der Waals surface area contributed by atoms with Crippen LogP contribution in [0.5, 0.6) is 5.75 Å². The molecule has 0 heterocycles. The Morgan fingerprint density at radius 2 is 1.94 bits per heavy atom. The highest BCUT2D eigenvalue weighted by Crippen LogP contribution is 2.32. The topological polar surface area (TPSA) is 52.3 Å². The first-order valence-electron chi connectivity index (χ1n) is 5.24. The Balaban J connectivity index is 2.55. The van der Waals surface area contributed by atoms with Crippen molar-refractivity contribution in [2.75, 3.05) is 5.73 Å². The third kappa shape index (κ3) is 2.13. The molecule has 0 aromatic heterocycles. The molecule has 0 atom stereocenters. The van der Waals surface area contributed by atoms with Crippen molar-refractivity contribution in [1.29, 1.82) is 0 Å². The van der Waals surface area contributed by atoms with E-state index in [1.54, 1.807) is 6.07 Å². The molecule has 0 bridgehead atoms. The Morgan fingerprint density at radius 3 is 2.65 bits per heavy atom. The average Bonchev–Trinajstić information content (AvgIpc) is 2.32. The van der Waals surface area contributed by atoms with E-state index in [0.29, 0.717) is 11.4 Å². The predicted molar refractivity (Wildman–Crippen MR) is 68.8 cm³/mol. The van der Waals surface area contributed by atoms with Gasteiger partial charge in [-0.25, -0.2) is 0 Å². The first-order chi connectivity index (χ1) is 8.09. The molecule has 2 aromatic rings. The molecule has 86 valence electrons. The van der Waals surface area contributed by atoms with E-state index < -0.39 is 0 Å². The monoisotopic (exact) mass is 227 g/mol. The van der Waals surface area contributed by atoms with E-state index in [9.17, 15) is 4.79 Å². The van der Waals surface area contributed by atoms with Crippen LogP contribution in [0.15, 0.2) is 48.7 Å². The number of benzene rings is 2. The van der Waals surface area contributed by atoms with E-state index in [1.807, 2.05) is 30.3 Å². The lowest BCUT2D eigenvalue weighted by atomic mass is 10.1. The quantitative estimate of drug-likeness (QED) is 0.498. The normalized spacial score (nSPS) is 10.2. The molecule has 0 amide bonds. The number of anilines is 1. The molecule has 0 spiro atoms. The number of allylic oxidation sites excluding steroid dienone is 1. The number of rotatable bonds is 3. The number of hydrogen-bond donors (Lipinski definition) is 1. The van der Waals surface area contributed by atoms with Crippen molar-refractivity contribution >= 4 is 22.2 Å². The van der Waals surface area contributed by atoms with E-state index >= 15 is 0 Å². The minimum absolute atomic E-state index is 0.0908.